The Kier molecular flexibility index (Phi) is 5.14. The number of primary amides is 1. The maximum atomic E-state index is 12.4. The lowest BCUT2D eigenvalue weighted by Crippen LogP contribution is -2.47. The Labute approximate surface area is 129 Å². The standard InChI is InChI=1S/C16H21N3O3/c1-11(20)19-9-5-8-13(10-19)16(22)18-14(15(17)21)12-6-3-2-4-7-12/h2-4,6-7,13-14H,5,8-10H2,1H3,(H2,17,21)(H,18,22)/t13-,14-/m0/s1. The van der Waals surface area contributed by atoms with E-state index in [1.54, 1.807) is 29.2 Å². The van der Waals surface area contributed by atoms with Gasteiger partial charge in [0.05, 0.1) is 5.92 Å². The number of carbonyl (C=O) groups is 3. The van der Waals surface area contributed by atoms with Gasteiger partial charge in [0, 0.05) is 20.0 Å². The lowest BCUT2D eigenvalue weighted by Gasteiger charge is -2.32. The molecule has 22 heavy (non-hydrogen) atoms. The predicted molar refractivity (Wildman–Crippen MR) is 81.5 cm³/mol. The summed E-state index contributed by atoms with van der Waals surface area (Å²) < 4.78 is 0. The van der Waals surface area contributed by atoms with Crippen molar-refractivity contribution >= 4 is 17.7 Å². The van der Waals surface area contributed by atoms with E-state index in [2.05, 4.69) is 5.32 Å². The number of nitrogens with zero attached hydrogens (tertiary/aromatic N) is 1. The van der Waals surface area contributed by atoms with Crippen molar-refractivity contribution in [3.63, 3.8) is 0 Å². The molecule has 1 aliphatic rings. The molecule has 0 bridgehead atoms. The van der Waals surface area contributed by atoms with Crippen LogP contribution in [-0.4, -0.2) is 35.7 Å². The molecule has 1 aromatic carbocycles. The molecular formula is C16H21N3O3. The molecule has 6 heteroatoms. The summed E-state index contributed by atoms with van der Waals surface area (Å²) in [5.41, 5.74) is 6.06. The predicted octanol–water partition coefficient (Wildman–Crippen LogP) is 0.588. The molecule has 1 heterocycles. The van der Waals surface area contributed by atoms with Crippen LogP contribution in [-0.2, 0) is 14.4 Å². The number of benzene rings is 1. The summed E-state index contributed by atoms with van der Waals surface area (Å²) in [4.78, 5) is 37.1. The fourth-order valence-corrected chi connectivity index (χ4v) is 2.70. The summed E-state index contributed by atoms with van der Waals surface area (Å²) in [5, 5.41) is 2.71. The maximum absolute atomic E-state index is 12.4. The summed E-state index contributed by atoms with van der Waals surface area (Å²) in [6.07, 6.45) is 1.49. The largest absolute Gasteiger partial charge is 0.368 e. The van der Waals surface area contributed by atoms with Gasteiger partial charge in [-0.15, -0.1) is 0 Å². The lowest BCUT2D eigenvalue weighted by atomic mass is 9.96. The van der Waals surface area contributed by atoms with Gasteiger partial charge in [-0.1, -0.05) is 30.3 Å². The van der Waals surface area contributed by atoms with Crippen molar-refractivity contribution in [2.45, 2.75) is 25.8 Å². The highest BCUT2D eigenvalue weighted by atomic mass is 16.2. The first kappa shape index (κ1) is 16.0. The molecule has 1 aliphatic heterocycles. The van der Waals surface area contributed by atoms with Gasteiger partial charge >= 0.3 is 0 Å². The van der Waals surface area contributed by atoms with Crippen LogP contribution in [0.15, 0.2) is 30.3 Å². The van der Waals surface area contributed by atoms with Crippen molar-refractivity contribution in [1.82, 2.24) is 10.2 Å². The van der Waals surface area contributed by atoms with E-state index >= 15 is 0 Å². The van der Waals surface area contributed by atoms with Gasteiger partial charge in [-0.25, -0.2) is 0 Å². The summed E-state index contributed by atoms with van der Waals surface area (Å²) >= 11 is 0. The first-order valence-electron chi connectivity index (χ1n) is 7.39. The zero-order chi connectivity index (χ0) is 16.1. The second-order valence-corrected chi connectivity index (χ2v) is 5.56. The quantitative estimate of drug-likeness (QED) is 0.852. The van der Waals surface area contributed by atoms with Crippen LogP contribution < -0.4 is 11.1 Å². The van der Waals surface area contributed by atoms with Gasteiger partial charge in [-0.3, -0.25) is 14.4 Å². The van der Waals surface area contributed by atoms with E-state index in [-0.39, 0.29) is 17.7 Å². The van der Waals surface area contributed by atoms with Crippen LogP contribution >= 0.6 is 0 Å². The minimum Gasteiger partial charge on any atom is -0.368 e. The monoisotopic (exact) mass is 303 g/mol. The van der Waals surface area contributed by atoms with Crippen molar-refractivity contribution in [2.24, 2.45) is 11.7 Å². The fraction of sp³-hybridized carbons (Fsp3) is 0.438. The van der Waals surface area contributed by atoms with Crippen molar-refractivity contribution in [3.05, 3.63) is 35.9 Å². The van der Waals surface area contributed by atoms with Crippen LogP contribution in [0.2, 0.25) is 0 Å². The van der Waals surface area contributed by atoms with Crippen molar-refractivity contribution in [3.8, 4) is 0 Å². The first-order chi connectivity index (χ1) is 10.5. The van der Waals surface area contributed by atoms with E-state index in [0.29, 0.717) is 25.1 Å². The molecule has 3 amide bonds. The number of hydrogen-bond acceptors (Lipinski definition) is 3. The molecule has 0 spiro atoms. The van der Waals surface area contributed by atoms with Gasteiger partial charge in [-0.2, -0.15) is 0 Å². The number of carbonyl (C=O) groups excluding carboxylic acids is 3. The van der Waals surface area contributed by atoms with Crippen molar-refractivity contribution < 1.29 is 14.4 Å². The zero-order valence-corrected chi connectivity index (χ0v) is 12.6. The molecule has 1 aromatic rings. The zero-order valence-electron chi connectivity index (χ0n) is 12.6. The molecule has 0 aliphatic carbocycles. The molecule has 0 aromatic heterocycles. The van der Waals surface area contributed by atoms with Crippen LogP contribution in [0.25, 0.3) is 0 Å². The Morgan fingerprint density at radius 3 is 2.55 bits per heavy atom. The molecule has 3 N–H and O–H groups in total. The van der Waals surface area contributed by atoms with E-state index in [1.807, 2.05) is 6.07 Å². The van der Waals surface area contributed by atoms with E-state index in [4.69, 9.17) is 5.73 Å². The number of likely N-dealkylation sites (tertiary alicyclic amines) is 1. The fourth-order valence-electron chi connectivity index (χ4n) is 2.70. The Morgan fingerprint density at radius 1 is 1.27 bits per heavy atom. The molecule has 2 atom stereocenters. The Morgan fingerprint density at radius 2 is 1.95 bits per heavy atom. The Bertz CT molecular complexity index is 559. The van der Waals surface area contributed by atoms with E-state index in [0.717, 1.165) is 6.42 Å². The van der Waals surface area contributed by atoms with Gasteiger partial charge in [0.2, 0.25) is 17.7 Å². The molecular weight excluding hydrogens is 282 g/mol. The van der Waals surface area contributed by atoms with E-state index < -0.39 is 11.9 Å². The third-order valence-electron chi connectivity index (χ3n) is 3.94. The molecule has 0 saturated carbocycles. The third-order valence-corrected chi connectivity index (χ3v) is 3.94. The number of nitrogens with one attached hydrogen (secondary N) is 1. The summed E-state index contributed by atoms with van der Waals surface area (Å²) in [6, 6.07) is 8.05. The average Bonchev–Trinajstić information content (AvgIpc) is 2.53. The smallest absolute Gasteiger partial charge is 0.244 e. The van der Waals surface area contributed by atoms with Gasteiger partial charge in [0.15, 0.2) is 0 Å². The van der Waals surface area contributed by atoms with Gasteiger partial charge in [0.25, 0.3) is 0 Å². The van der Waals surface area contributed by atoms with Crippen LogP contribution in [0, 0.1) is 5.92 Å². The second kappa shape index (κ2) is 7.06. The van der Waals surface area contributed by atoms with E-state index in [9.17, 15) is 14.4 Å². The second-order valence-electron chi connectivity index (χ2n) is 5.56. The van der Waals surface area contributed by atoms with Crippen LogP contribution in [0.3, 0.4) is 0 Å². The normalized spacial score (nSPS) is 19.3. The molecule has 2 rings (SSSR count). The highest BCUT2D eigenvalue weighted by Gasteiger charge is 2.29. The summed E-state index contributed by atoms with van der Waals surface area (Å²) in [7, 11) is 0. The van der Waals surface area contributed by atoms with Crippen molar-refractivity contribution in [2.75, 3.05) is 13.1 Å². The Balaban J connectivity index is 2.05. The molecule has 0 unspecified atom stereocenters. The lowest BCUT2D eigenvalue weighted by molar-refractivity contribution is -0.135. The minimum atomic E-state index is -0.846. The van der Waals surface area contributed by atoms with Crippen LogP contribution in [0.1, 0.15) is 31.4 Å². The van der Waals surface area contributed by atoms with Gasteiger partial charge < -0.3 is 16.0 Å². The highest BCUT2D eigenvalue weighted by Crippen LogP contribution is 2.19. The first-order valence-corrected chi connectivity index (χ1v) is 7.39. The number of amides is 3. The van der Waals surface area contributed by atoms with Gasteiger partial charge in [0.1, 0.15) is 6.04 Å². The summed E-state index contributed by atoms with van der Waals surface area (Å²) in [6.45, 7) is 2.56. The van der Waals surface area contributed by atoms with Crippen molar-refractivity contribution in [1.29, 1.82) is 0 Å². The number of hydrogen-bond donors (Lipinski definition) is 2. The topological polar surface area (TPSA) is 92.5 Å². The summed E-state index contributed by atoms with van der Waals surface area (Å²) in [5.74, 6) is -1.17. The molecule has 1 saturated heterocycles. The highest BCUT2D eigenvalue weighted by molar-refractivity contribution is 5.89. The SMILES string of the molecule is CC(=O)N1CCC[C@H](C(=O)N[C@H](C(N)=O)c2ccccc2)C1. The van der Waals surface area contributed by atoms with Crippen LogP contribution in [0.4, 0.5) is 0 Å². The molecule has 6 nitrogen and oxygen atoms in total. The maximum Gasteiger partial charge on any atom is 0.244 e. The molecule has 0 radical (unpaired) electrons. The third kappa shape index (κ3) is 3.84. The molecule has 118 valence electrons. The van der Waals surface area contributed by atoms with E-state index in [1.165, 1.54) is 6.92 Å². The van der Waals surface area contributed by atoms with Gasteiger partial charge in [-0.05, 0) is 18.4 Å². The minimum absolute atomic E-state index is 0.0352. The van der Waals surface area contributed by atoms with Crippen LogP contribution in [0.5, 0.6) is 0 Å². The number of rotatable bonds is 4. The number of nitrogens with two attached hydrogens (primary N) is 1. The average molecular weight is 303 g/mol. The molecule has 1 fully saturated rings. The number of piperidine rings is 1. The Hall–Kier alpha value is -2.37.